The van der Waals surface area contributed by atoms with E-state index in [1.165, 1.54) is 18.6 Å². The number of carbonyl (C=O) groups is 1. The van der Waals surface area contributed by atoms with Crippen molar-refractivity contribution in [2.24, 2.45) is 5.92 Å². The number of nitro benzene ring substituents is 1. The number of aliphatic carboxylic acids is 1. The number of carboxylic acid groups (broad SMARTS) is 1. The van der Waals surface area contributed by atoms with Gasteiger partial charge in [0.2, 0.25) is 0 Å². The van der Waals surface area contributed by atoms with Crippen LogP contribution in [-0.2, 0) is 4.79 Å². The van der Waals surface area contributed by atoms with Crippen molar-refractivity contribution in [1.82, 2.24) is 0 Å². The van der Waals surface area contributed by atoms with Gasteiger partial charge in [0.15, 0.2) is 0 Å². The Morgan fingerprint density at radius 1 is 1.36 bits per heavy atom. The fraction of sp³-hybridized carbons (Fsp3) is 0.526. The number of nitro groups is 1. The van der Waals surface area contributed by atoms with Crippen molar-refractivity contribution in [3.63, 3.8) is 0 Å². The highest BCUT2D eigenvalue weighted by molar-refractivity contribution is 5.85. The fourth-order valence-electron chi connectivity index (χ4n) is 3.43. The van der Waals surface area contributed by atoms with Gasteiger partial charge in [0, 0.05) is 24.7 Å². The Balaban J connectivity index is 2.40. The average molecular weight is 346 g/mol. The van der Waals surface area contributed by atoms with Crippen LogP contribution in [0.25, 0.3) is 6.08 Å². The Morgan fingerprint density at radius 2 is 2.04 bits per heavy atom. The summed E-state index contributed by atoms with van der Waals surface area (Å²) in [6, 6.07) is 5.30. The largest absolute Gasteiger partial charge is 0.478 e. The van der Waals surface area contributed by atoms with Crippen LogP contribution in [-0.4, -0.2) is 28.6 Å². The molecule has 1 N–H and O–H groups in total. The number of hydrogen-bond acceptors (Lipinski definition) is 4. The first kappa shape index (κ1) is 19.0. The van der Waals surface area contributed by atoms with Crippen LogP contribution in [0.5, 0.6) is 0 Å². The number of hydrogen-bond donors (Lipinski definition) is 1. The first-order chi connectivity index (χ1) is 11.9. The van der Waals surface area contributed by atoms with Crippen LogP contribution in [0.3, 0.4) is 0 Å². The molecule has 0 atom stereocenters. The summed E-state index contributed by atoms with van der Waals surface area (Å²) in [4.78, 5) is 24.1. The standard InChI is InChI=1S/C19H26N2O4/c1-14(2)13-20(16-6-4-3-5-7-16)17-10-8-15(9-11-19(22)23)12-18(17)21(24)25/h8-12,14,16H,3-7,13H2,1-2H3,(H,22,23)/b11-9+. The zero-order valence-corrected chi connectivity index (χ0v) is 14.9. The van der Waals surface area contributed by atoms with Crippen LogP contribution in [0.1, 0.15) is 51.5 Å². The molecule has 0 spiro atoms. The van der Waals surface area contributed by atoms with Gasteiger partial charge in [-0.25, -0.2) is 4.79 Å². The number of anilines is 1. The average Bonchev–Trinajstić information content (AvgIpc) is 2.58. The highest BCUT2D eigenvalue weighted by Crippen LogP contribution is 2.35. The first-order valence-corrected chi connectivity index (χ1v) is 8.84. The molecule has 0 amide bonds. The summed E-state index contributed by atoms with van der Waals surface area (Å²) >= 11 is 0. The van der Waals surface area contributed by atoms with Crippen LogP contribution >= 0.6 is 0 Å². The molecule has 0 saturated heterocycles. The van der Waals surface area contributed by atoms with Gasteiger partial charge in [-0.2, -0.15) is 0 Å². The van der Waals surface area contributed by atoms with Gasteiger partial charge < -0.3 is 10.0 Å². The molecule has 0 aromatic heterocycles. The minimum Gasteiger partial charge on any atom is -0.478 e. The van der Waals surface area contributed by atoms with Crippen molar-refractivity contribution in [2.75, 3.05) is 11.4 Å². The van der Waals surface area contributed by atoms with Crippen molar-refractivity contribution in [2.45, 2.75) is 52.0 Å². The maximum absolute atomic E-state index is 11.6. The molecule has 1 fully saturated rings. The molecule has 1 aromatic carbocycles. The Hall–Kier alpha value is -2.37. The summed E-state index contributed by atoms with van der Waals surface area (Å²) in [6.07, 6.45) is 8.04. The second-order valence-corrected chi connectivity index (χ2v) is 7.01. The van der Waals surface area contributed by atoms with E-state index in [0.29, 0.717) is 23.2 Å². The lowest BCUT2D eigenvalue weighted by atomic mass is 9.93. The van der Waals surface area contributed by atoms with Gasteiger partial charge in [-0.05, 0) is 36.5 Å². The van der Waals surface area contributed by atoms with Crippen LogP contribution in [0.2, 0.25) is 0 Å². The Kier molecular flexibility index (Phi) is 6.56. The maximum atomic E-state index is 11.6. The third-order valence-corrected chi connectivity index (χ3v) is 4.50. The summed E-state index contributed by atoms with van der Waals surface area (Å²) in [5.41, 5.74) is 1.20. The molecular formula is C19H26N2O4. The molecule has 1 saturated carbocycles. The Labute approximate surface area is 148 Å². The molecule has 0 aliphatic heterocycles. The zero-order valence-electron chi connectivity index (χ0n) is 14.9. The first-order valence-electron chi connectivity index (χ1n) is 8.84. The monoisotopic (exact) mass is 346 g/mol. The summed E-state index contributed by atoms with van der Waals surface area (Å²) < 4.78 is 0. The number of nitrogens with zero attached hydrogens (tertiary/aromatic N) is 2. The van der Waals surface area contributed by atoms with Crippen molar-refractivity contribution < 1.29 is 14.8 Å². The van der Waals surface area contributed by atoms with Gasteiger partial charge in [0.05, 0.1) is 4.92 Å². The Bertz CT molecular complexity index is 649. The molecule has 2 rings (SSSR count). The van der Waals surface area contributed by atoms with Crippen molar-refractivity contribution in [1.29, 1.82) is 0 Å². The summed E-state index contributed by atoms with van der Waals surface area (Å²) in [5.74, 6) is -0.677. The second-order valence-electron chi connectivity index (χ2n) is 7.01. The lowest BCUT2D eigenvalue weighted by Crippen LogP contribution is -2.39. The zero-order chi connectivity index (χ0) is 18.4. The molecular weight excluding hydrogens is 320 g/mol. The van der Waals surface area contributed by atoms with Gasteiger partial charge in [-0.1, -0.05) is 39.2 Å². The SMILES string of the molecule is CC(C)CN(c1ccc(/C=C/C(=O)O)cc1[N+](=O)[O-])C1CCCCC1. The van der Waals surface area contributed by atoms with E-state index in [2.05, 4.69) is 18.7 Å². The van der Waals surface area contributed by atoms with E-state index < -0.39 is 5.97 Å². The quantitative estimate of drug-likeness (QED) is 0.447. The van der Waals surface area contributed by atoms with Gasteiger partial charge in [0.25, 0.3) is 5.69 Å². The summed E-state index contributed by atoms with van der Waals surface area (Å²) in [7, 11) is 0. The predicted molar refractivity (Wildman–Crippen MR) is 98.8 cm³/mol. The van der Waals surface area contributed by atoms with Gasteiger partial charge in [-0.15, -0.1) is 0 Å². The minimum atomic E-state index is -1.07. The van der Waals surface area contributed by atoms with Gasteiger partial charge in [0.1, 0.15) is 5.69 Å². The molecule has 1 aromatic rings. The highest BCUT2D eigenvalue weighted by atomic mass is 16.6. The third kappa shape index (κ3) is 5.31. The van der Waals surface area contributed by atoms with E-state index in [9.17, 15) is 14.9 Å². The van der Waals surface area contributed by atoms with E-state index >= 15 is 0 Å². The molecule has 6 nitrogen and oxygen atoms in total. The van der Waals surface area contributed by atoms with Crippen LogP contribution in [0.15, 0.2) is 24.3 Å². The van der Waals surface area contributed by atoms with E-state index in [4.69, 9.17) is 5.11 Å². The van der Waals surface area contributed by atoms with Crippen molar-refractivity contribution in [3.05, 3.63) is 40.0 Å². The van der Waals surface area contributed by atoms with Crippen LogP contribution in [0, 0.1) is 16.0 Å². The lowest BCUT2D eigenvalue weighted by Gasteiger charge is -2.37. The van der Waals surface area contributed by atoms with E-state index in [1.54, 1.807) is 12.1 Å². The minimum absolute atomic E-state index is 0.0405. The molecule has 25 heavy (non-hydrogen) atoms. The molecule has 0 unspecified atom stereocenters. The number of benzene rings is 1. The van der Waals surface area contributed by atoms with Crippen molar-refractivity contribution in [3.8, 4) is 0 Å². The fourth-order valence-corrected chi connectivity index (χ4v) is 3.43. The van der Waals surface area contributed by atoms with E-state index in [0.717, 1.165) is 38.3 Å². The van der Waals surface area contributed by atoms with Crippen LogP contribution in [0.4, 0.5) is 11.4 Å². The van der Waals surface area contributed by atoms with E-state index in [-0.39, 0.29) is 10.6 Å². The third-order valence-electron chi connectivity index (χ3n) is 4.50. The molecule has 0 bridgehead atoms. The highest BCUT2D eigenvalue weighted by Gasteiger charge is 2.27. The van der Waals surface area contributed by atoms with Crippen LogP contribution < -0.4 is 4.90 Å². The number of carboxylic acids is 1. The number of rotatable bonds is 7. The van der Waals surface area contributed by atoms with Gasteiger partial charge in [-0.3, -0.25) is 10.1 Å². The lowest BCUT2D eigenvalue weighted by molar-refractivity contribution is -0.384. The van der Waals surface area contributed by atoms with E-state index in [1.807, 2.05) is 0 Å². The normalized spacial score (nSPS) is 15.6. The molecule has 136 valence electrons. The van der Waals surface area contributed by atoms with Crippen molar-refractivity contribution >= 4 is 23.4 Å². The smallest absolute Gasteiger partial charge is 0.328 e. The maximum Gasteiger partial charge on any atom is 0.328 e. The Morgan fingerprint density at radius 3 is 2.60 bits per heavy atom. The molecule has 0 radical (unpaired) electrons. The molecule has 1 aliphatic carbocycles. The summed E-state index contributed by atoms with van der Waals surface area (Å²) in [6.45, 7) is 5.01. The molecule has 1 aliphatic rings. The molecule has 0 heterocycles. The topological polar surface area (TPSA) is 83.7 Å². The molecule has 6 heteroatoms. The second kappa shape index (κ2) is 8.65. The predicted octanol–water partition coefficient (Wildman–Crippen LogP) is 4.49. The summed E-state index contributed by atoms with van der Waals surface area (Å²) in [5, 5.41) is 20.4. The van der Waals surface area contributed by atoms with Gasteiger partial charge >= 0.3 is 5.97 Å².